The summed E-state index contributed by atoms with van der Waals surface area (Å²) in [5.41, 5.74) is 0.679. The molecule has 2 aromatic rings. The van der Waals surface area contributed by atoms with E-state index in [1.807, 2.05) is 24.3 Å². The van der Waals surface area contributed by atoms with Gasteiger partial charge in [0.1, 0.15) is 5.82 Å². The lowest BCUT2D eigenvalue weighted by Gasteiger charge is -2.13. The summed E-state index contributed by atoms with van der Waals surface area (Å²) in [4.78, 5) is 19.1. The number of nitrogens with zero attached hydrogens (tertiary/aromatic N) is 4. The molecule has 1 aromatic carbocycles. The summed E-state index contributed by atoms with van der Waals surface area (Å²) in [5.74, 6) is 1.14. The van der Waals surface area contributed by atoms with Crippen molar-refractivity contribution in [3.8, 4) is 5.69 Å². The van der Waals surface area contributed by atoms with Crippen LogP contribution in [0.1, 0.15) is 48.0 Å². The van der Waals surface area contributed by atoms with Crippen LogP contribution in [0.25, 0.3) is 5.69 Å². The first-order valence-electron chi connectivity index (χ1n) is 8.77. The first-order chi connectivity index (χ1) is 12.1. The van der Waals surface area contributed by atoms with Crippen molar-refractivity contribution in [1.29, 1.82) is 0 Å². The van der Waals surface area contributed by atoms with Crippen molar-refractivity contribution in [1.82, 2.24) is 19.7 Å². The molecule has 0 bridgehead atoms. The van der Waals surface area contributed by atoms with Crippen LogP contribution in [0.5, 0.6) is 0 Å². The maximum Gasteiger partial charge on any atom is 0.293 e. The fraction of sp³-hybridized carbons (Fsp3) is 0.500. The summed E-state index contributed by atoms with van der Waals surface area (Å²) < 4.78 is 1.71. The third-order valence-corrected chi connectivity index (χ3v) is 5.95. The molecule has 7 heteroatoms. The van der Waals surface area contributed by atoms with Crippen LogP contribution in [0.4, 0.5) is 0 Å². The van der Waals surface area contributed by atoms with E-state index in [1.54, 1.807) is 9.58 Å². The maximum atomic E-state index is 12.9. The van der Waals surface area contributed by atoms with Crippen LogP contribution in [-0.4, -0.2) is 49.9 Å². The quantitative estimate of drug-likeness (QED) is 0.914. The lowest BCUT2D eigenvalue weighted by atomic mass is 10.0. The van der Waals surface area contributed by atoms with Gasteiger partial charge in [-0.25, -0.2) is 9.67 Å². The Morgan fingerprint density at radius 3 is 2.68 bits per heavy atom. The van der Waals surface area contributed by atoms with Crippen molar-refractivity contribution in [2.24, 2.45) is 5.41 Å². The van der Waals surface area contributed by atoms with Crippen LogP contribution >= 0.6 is 11.6 Å². The molecule has 3 fully saturated rings. The third kappa shape index (κ3) is 2.47. The predicted octanol–water partition coefficient (Wildman–Crippen LogP) is 2.40. The topological polar surface area (TPSA) is 71.2 Å². The van der Waals surface area contributed by atoms with E-state index in [1.165, 1.54) is 0 Å². The number of benzene rings is 1. The van der Waals surface area contributed by atoms with Gasteiger partial charge in [0.05, 0.1) is 16.8 Å². The molecule has 2 saturated carbocycles. The van der Waals surface area contributed by atoms with Gasteiger partial charge in [0, 0.05) is 24.4 Å². The highest BCUT2D eigenvalue weighted by atomic mass is 35.5. The second kappa shape index (κ2) is 5.29. The Morgan fingerprint density at radius 2 is 2.04 bits per heavy atom. The molecule has 1 spiro atoms. The Hall–Kier alpha value is -1.92. The predicted molar refractivity (Wildman–Crippen MR) is 91.9 cm³/mol. The second-order valence-electron chi connectivity index (χ2n) is 7.49. The lowest BCUT2D eigenvalue weighted by molar-refractivity contribution is 0.0752. The Morgan fingerprint density at radius 1 is 1.28 bits per heavy atom. The minimum atomic E-state index is -0.426. The van der Waals surface area contributed by atoms with Gasteiger partial charge >= 0.3 is 0 Å². The Labute approximate surface area is 150 Å². The molecule has 1 N–H and O–H groups in total. The number of rotatable bonds is 3. The van der Waals surface area contributed by atoms with Gasteiger partial charge in [0.15, 0.2) is 0 Å². The van der Waals surface area contributed by atoms with Gasteiger partial charge in [-0.05, 0) is 37.8 Å². The van der Waals surface area contributed by atoms with Crippen LogP contribution in [0, 0.1) is 5.41 Å². The van der Waals surface area contributed by atoms with Gasteiger partial charge < -0.3 is 10.0 Å². The van der Waals surface area contributed by atoms with Gasteiger partial charge in [-0.2, -0.15) is 0 Å². The zero-order chi connectivity index (χ0) is 17.2. The normalized spacial score (nSPS) is 24.1. The van der Waals surface area contributed by atoms with Crippen LogP contribution in [0.3, 0.4) is 0 Å². The molecule has 0 radical (unpaired) electrons. The molecule has 1 atom stereocenters. The van der Waals surface area contributed by atoms with E-state index in [-0.39, 0.29) is 17.1 Å². The molecule has 1 amide bonds. The second-order valence-corrected chi connectivity index (χ2v) is 7.90. The summed E-state index contributed by atoms with van der Waals surface area (Å²) in [6.07, 6.45) is 3.68. The molecule has 2 heterocycles. The third-order valence-electron chi connectivity index (χ3n) is 5.63. The minimum absolute atomic E-state index is 0.0692. The van der Waals surface area contributed by atoms with Gasteiger partial charge in [0.2, 0.25) is 5.82 Å². The van der Waals surface area contributed by atoms with Gasteiger partial charge in [-0.3, -0.25) is 4.79 Å². The molecular formula is C18H19ClN4O2. The summed E-state index contributed by atoms with van der Waals surface area (Å²) in [6, 6.07) is 7.46. The number of halogens is 1. The van der Waals surface area contributed by atoms with Crippen molar-refractivity contribution in [3.63, 3.8) is 0 Å². The van der Waals surface area contributed by atoms with E-state index in [2.05, 4.69) is 10.1 Å². The summed E-state index contributed by atoms with van der Waals surface area (Å²) in [5, 5.41) is 15.3. The van der Waals surface area contributed by atoms with Crippen molar-refractivity contribution >= 4 is 17.5 Å². The van der Waals surface area contributed by atoms with E-state index >= 15 is 0 Å². The molecule has 1 saturated heterocycles. The summed E-state index contributed by atoms with van der Waals surface area (Å²) in [6.45, 7) is 0.977. The number of carbonyl (C=O) groups is 1. The zero-order valence-electron chi connectivity index (χ0n) is 13.7. The number of para-hydroxylation sites is 1. The largest absolute Gasteiger partial charge is 0.391 e. The van der Waals surface area contributed by atoms with Crippen molar-refractivity contribution in [3.05, 3.63) is 40.9 Å². The van der Waals surface area contributed by atoms with E-state index in [0.29, 0.717) is 24.0 Å². The molecule has 130 valence electrons. The highest BCUT2D eigenvalue weighted by Gasteiger charge is 2.56. The Kier molecular flexibility index (Phi) is 3.24. The number of carbonyl (C=O) groups excluding carboxylic acids is 1. The molecule has 1 aliphatic heterocycles. The minimum Gasteiger partial charge on any atom is -0.391 e. The molecule has 3 aliphatic rings. The number of hydrogen-bond acceptors (Lipinski definition) is 4. The Bertz CT molecular complexity index is 857. The van der Waals surface area contributed by atoms with E-state index in [0.717, 1.165) is 37.2 Å². The molecule has 2 aliphatic carbocycles. The standard InChI is InChI=1S/C18H19ClN4O2/c19-12-3-1-2-4-13(12)23-16(11-5-6-11)20-15(21-23)17(25)22-9-14(24)18(10-22)7-8-18/h1-4,11,14,24H,5-10H2. The van der Waals surface area contributed by atoms with E-state index in [4.69, 9.17) is 11.6 Å². The van der Waals surface area contributed by atoms with Gasteiger partial charge in [-0.15, -0.1) is 5.10 Å². The molecule has 5 rings (SSSR count). The van der Waals surface area contributed by atoms with Gasteiger partial charge in [-0.1, -0.05) is 23.7 Å². The van der Waals surface area contributed by atoms with Gasteiger partial charge in [0.25, 0.3) is 5.91 Å². The number of amides is 1. The smallest absolute Gasteiger partial charge is 0.293 e. The number of hydrogen-bond donors (Lipinski definition) is 1. The number of aromatic nitrogens is 3. The monoisotopic (exact) mass is 358 g/mol. The molecule has 25 heavy (non-hydrogen) atoms. The van der Waals surface area contributed by atoms with E-state index in [9.17, 15) is 9.90 Å². The summed E-state index contributed by atoms with van der Waals surface area (Å²) in [7, 11) is 0. The van der Waals surface area contributed by atoms with Crippen LogP contribution < -0.4 is 0 Å². The average molecular weight is 359 g/mol. The van der Waals surface area contributed by atoms with Crippen LogP contribution in [-0.2, 0) is 0 Å². The number of aliphatic hydroxyl groups excluding tert-OH is 1. The number of β-amino-alcohol motifs (C(OH)–C–C–N with tert-alkyl or cyclic N) is 1. The SMILES string of the molecule is O=C(c1nc(C2CC2)n(-c2ccccc2Cl)n1)N1CC(O)C2(CC2)C1. The van der Waals surface area contributed by atoms with Crippen molar-refractivity contribution in [2.75, 3.05) is 13.1 Å². The molecule has 6 nitrogen and oxygen atoms in total. The molecular weight excluding hydrogens is 340 g/mol. The lowest BCUT2D eigenvalue weighted by Crippen LogP contribution is -2.30. The fourth-order valence-electron chi connectivity index (χ4n) is 3.72. The number of likely N-dealkylation sites (tertiary alicyclic amines) is 1. The van der Waals surface area contributed by atoms with Crippen LogP contribution in [0.2, 0.25) is 5.02 Å². The summed E-state index contributed by atoms with van der Waals surface area (Å²) >= 11 is 6.32. The first-order valence-corrected chi connectivity index (χ1v) is 9.14. The first kappa shape index (κ1) is 15.3. The van der Waals surface area contributed by atoms with E-state index < -0.39 is 6.10 Å². The Balaban J connectivity index is 1.49. The highest BCUT2D eigenvalue weighted by Crippen LogP contribution is 2.52. The maximum absolute atomic E-state index is 12.9. The average Bonchev–Trinajstić information content (AvgIpc) is 3.51. The zero-order valence-corrected chi connectivity index (χ0v) is 14.5. The molecule has 1 unspecified atom stereocenters. The van der Waals surface area contributed by atoms with Crippen LogP contribution in [0.15, 0.2) is 24.3 Å². The fourth-order valence-corrected chi connectivity index (χ4v) is 3.94. The highest BCUT2D eigenvalue weighted by molar-refractivity contribution is 6.32. The van der Waals surface area contributed by atoms with Crippen molar-refractivity contribution in [2.45, 2.75) is 37.7 Å². The van der Waals surface area contributed by atoms with Crippen molar-refractivity contribution < 1.29 is 9.90 Å². The molecule has 1 aromatic heterocycles. The number of aliphatic hydroxyl groups is 1.